The molecule has 0 spiro atoms. The predicted molar refractivity (Wildman–Crippen MR) is 213 cm³/mol. The summed E-state index contributed by atoms with van der Waals surface area (Å²) in [6.45, 7) is 21.7. The fourth-order valence-electron chi connectivity index (χ4n) is 3.91. The topological polar surface area (TPSA) is 163 Å². The van der Waals surface area contributed by atoms with E-state index in [-0.39, 0.29) is 17.5 Å². The van der Waals surface area contributed by atoms with Crippen LogP contribution in [0.4, 0.5) is 0 Å². The van der Waals surface area contributed by atoms with Gasteiger partial charge in [-0.25, -0.2) is 8.51 Å². The molecule has 12 heteroatoms. The summed E-state index contributed by atoms with van der Waals surface area (Å²) >= 11 is 0. The van der Waals surface area contributed by atoms with Gasteiger partial charge in [-0.15, -0.1) is 0 Å². The van der Waals surface area contributed by atoms with Crippen LogP contribution in [0.15, 0.2) is 47.4 Å². The van der Waals surface area contributed by atoms with E-state index >= 15 is 0 Å². The van der Waals surface area contributed by atoms with Crippen LogP contribution < -0.4 is 21.7 Å². The molecule has 0 heterocycles. The molecule has 5 atom stereocenters. The molecule has 4 unspecified atom stereocenters. The summed E-state index contributed by atoms with van der Waals surface area (Å²) in [4.78, 5) is 29.8. The second-order valence-electron chi connectivity index (χ2n) is 12.8. The molecule has 1 rings (SSSR count). The second kappa shape index (κ2) is 37.6. The summed E-state index contributed by atoms with van der Waals surface area (Å²) in [5, 5.41) is 15.9. The third kappa shape index (κ3) is 38.2. The Bertz CT molecular complexity index is 960. The number of nitrogens with one attached hydrogen (secondary N) is 3. The van der Waals surface area contributed by atoms with Crippen molar-refractivity contribution in [3.05, 3.63) is 47.4 Å². The Morgan fingerprint density at radius 1 is 1.12 bits per heavy atom. The molecule has 0 aromatic carbocycles. The first-order chi connectivity index (χ1) is 23.6. The number of carbonyl (C=O) groups excluding carboxylic acids is 2. The molecule has 0 aromatic heterocycles. The zero-order valence-electron chi connectivity index (χ0n) is 33.5. The van der Waals surface area contributed by atoms with Gasteiger partial charge in [-0.1, -0.05) is 97.8 Å². The van der Waals surface area contributed by atoms with Crippen molar-refractivity contribution in [3.63, 3.8) is 0 Å². The van der Waals surface area contributed by atoms with Gasteiger partial charge in [0, 0.05) is 45.2 Å². The predicted octanol–water partition coefficient (Wildman–Crippen LogP) is 6.46. The Morgan fingerprint density at radius 2 is 1.74 bits per heavy atom. The number of amides is 2. The standard InChI is InChI=1S/C15H26N2OS.C12H23NO.C7H16N2O2.C2H4O2.C2H6/c1-15(2,3)14(16-4)12-17(5)19(18)13-10-8-6-7-9-11-13;1-4-5-6-7-8-9-11(2)12(3)13-10-14;1-7(8)3-2-4-11-6-9-5-10;1-2(3)4;1-2/h6-8,10-11,14,16H,9,12H2,1-5H3;8-12H,4-7H2,1-3H3,(H,13,14);5,7H,2-4,6,8H2,1H3,(H,9,10);1H3,(H,3,4);1-2H3/b;9-8-;;;/t;;7-;;/m..1../s1. The number of carbonyl (C=O) groups is 3. The van der Waals surface area contributed by atoms with E-state index < -0.39 is 17.0 Å². The minimum Gasteiger partial charge on any atom is -0.481 e. The molecule has 0 saturated heterocycles. The molecule has 6 N–H and O–H groups in total. The highest BCUT2D eigenvalue weighted by molar-refractivity contribution is 7.86. The van der Waals surface area contributed by atoms with Crippen molar-refractivity contribution >= 4 is 29.8 Å². The van der Waals surface area contributed by atoms with E-state index in [9.17, 15) is 13.8 Å². The van der Waals surface area contributed by atoms with Gasteiger partial charge < -0.3 is 31.5 Å². The van der Waals surface area contributed by atoms with E-state index in [1.165, 1.54) is 19.3 Å². The van der Waals surface area contributed by atoms with Crippen molar-refractivity contribution in [3.8, 4) is 0 Å². The van der Waals surface area contributed by atoms with Crippen LogP contribution in [0.2, 0.25) is 0 Å². The van der Waals surface area contributed by atoms with Crippen molar-refractivity contribution in [2.24, 2.45) is 17.1 Å². The number of aliphatic carboxylic acids is 1. The van der Waals surface area contributed by atoms with E-state index in [2.05, 4.69) is 68.8 Å². The number of unbranched alkanes of at least 4 members (excludes halogenated alkanes) is 3. The number of ether oxygens (including phenoxy) is 1. The Kier molecular flexibility index (Phi) is 40.7. The summed E-state index contributed by atoms with van der Waals surface area (Å²) in [5.41, 5.74) is 5.65. The quantitative estimate of drug-likeness (QED) is 0.0413. The Labute approximate surface area is 308 Å². The van der Waals surface area contributed by atoms with Crippen LogP contribution in [0.25, 0.3) is 0 Å². The van der Waals surface area contributed by atoms with Crippen molar-refractivity contribution in [1.82, 2.24) is 20.3 Å². The van der Waals surface area contributed by atoms with E-state index in [0.29, 0.717) is 31.7 Å². The molecule has 50 heavy (non-hydrogen) atoms. The zero-order chi connectivity index (χ0) is 39.4. The Balaban J connectivity index is -0.000000303. The number of nitrogens with zero attached hydrogens (tertiary/aromatic N) is 1. The Hall–Kier alpha value is -2.64. The maximum atomic E-state index is 12.5. The van der Waals surface area contributed by atoms with Crippen molar-refractivity contribution < 1.29 is 28.4 Å². The fraction of sp³-hybridized carbons (Fsp3) is 0.711. The molecular formula is C38H75N5O6S. The number of rotatable bonds is 20. The van der Waals surface area contributed by atoms with Crippen LogP contribution in [0.3, 0.4) is 0 Å². The van der Waals surface area contributed by atoms with Crippen LogP contribution in [0.5, 0.6) is 0 Å². The maximum absolute atomic E-state index is 12.5. The van der Waals surface area contributed by atoms with Crippen LogP contribution >= 0.6 is 0 Å². The van der Waals surface area contributed by atoms with Crippen molar-refractivity contribution in [2.75, 3.05) is 34.0 Å². The lowest BCUT2D eigenvalue weighted by atomic mass is 9.87. The van der Waals surface area contributed by atoms with E-state index in [4.69, 9.17) is 20.4 Å². The third-order valence-corrected chi connectivity index (χ3v) is 8.45. The van der Waals surface area contributed by atoms with Crippen LogP contribution in [0.1, 0.15) is 114 Å². The molecule has 11 nitrogen and oxygen atoms in total. The number of nitrogens with two attached hydrogens (primary N) is 1. The second-order valence-corrected chi connectivity index (χ2v) is 14.4. The van der Waals surface area contributed by atoms with E-state index in [0.717, 1.165) is 50.5 Å². The molecule has 0 saturated carbocycles. The van der Waals surface area contributed by atoms with Gasteiger partial charge in [-0.3, -0.25) is 14.4 Å². The van der Waals surface area contributed by atoms with Crippen molar-refractivity contribution in [1.29, 1.82) is 0 Å². The molecule has 0 bridgehead atoms. The first-order valence-electron chi connectivity index (χ1n) is 18.0. The average Bonchev–Trinajstić information content (AvgIpc) is 3.35. The van der Waals surface area contributed by atoms with Gasteiger partial charge in [0.2, 0.25) is 12.8 Å². The number of hydrogen-bond donors (Lipinski definition) is 5. The van der Waals surface area contributed by atoms with Gasteiger partial charge in [0.25, 0.3) is 5.97 Å². The van der Waals surface area contributed by atoms with E-state index in [1.54, 1.807) is 0 Å². The summed E-state index contributed by atoms with van der Waals surface area (Å²) in [5.74, 6) is -0.415. The largest absolute Gasteiger partial charge is 0.481 e. The number of allylic oxidation sites excluding steroid dienone is 6. The molecule has 1 aliphatic rings. The third-order valence-electron chi connectivity index (χ3n) is 7.03. The summed E-state index contributed by atoms with van der Waals surface area (Å²) < 4.78 is 19.4. The first-order valence-corrected chi connectivity index (χ1v) is 19.1. The minimum absolute atomic E-state index is 0.141. The summed E-state index contributed by atoms with van der Waals surface area (Å²) in [6.07, 6.45) is 23.5. The molecule has 0 fully saturated rings. The normalized spacial score (nSPS) is 15.0. The zero-order valence-corrected chi connectivity index (χ0v) is 34.3. The monoisotopic (exact) mass is 730 g/mol. The van der Waals surface area contributed by atoms with Gasteiger partial charge in [0.15, 0.2) is 0 Å². The highest BCUT2D eigenvalue weighted by Gasteiger charge is 2.26. The van der Waals surface area contributed by atoms with Gasteiger partial charge in [0.05, 0.1) is 4.91 Å². The number of carboxylic acids is 1. The first kappa shape index (κ1) is 54.1. The molecule has 0 aliphatic heterocycles. The molecule has 0 aromatic rings. The van der Waals surface area contributed by atoms with Gasteiger partial charge in [0.1, 0.15) is 17.7 Å². The SMILES string of the molecule is CC.CC(=O)O.CCCCC/C=C\C(C)C(C)NC=O.CNC(CN(C)S(=O)C1=CCC=CC=C1)C(C)(C)C.C[C@@H](N)CCCOCNC=O. The number of likely N-dealkylation sites (N-methyl/N-ethyl adjacent to an activating group) is 2. The van der Waals surface area contributed by atoms with Crippen molar-refractivity contribution in [2.45, 2.75) is 132 Å². The highest BCUT2D eigenvalue weighted by atomic mass is 32.2. The molecule has 0 radical (unpaired) electrons. The van der Waals surface area contributed by atoms with Gasteiger partial charge >= 0.3 is 0 Å². The van der Waals surface area contributed by atoms with E-state index in [1.807, 2.05) is 70.4 Å². The summed E-state index contributed by atoms with van der Waals surface area (Å²) in [7, 11) is 2.78. The highest BCUT2D eigenvalue weighted by Crippen LogP contribution is 2.21. The van der Waals surface area contributed by atoms with Crippen LogP contribution in [-0.2, 0) is 30.1 Å². The van der Waals surface area contributed by atoms with Crippen LogP contribution in [0, 0.1) is 11.3 Å². The molecule has 1 aliphatic carbocycles. The fourth-order valence-corrected chi connectivity index (χ4v) is 4.99. The number of hydrogen-bond acceptors (Lipinski definition) is 7. The molecule has 294 valence electrons. The lowest BCUT2D eigenvalue weighted by molar-refractivity contribution is -0.134. The molecular weight excluding hydrogens is 655 g/mol. The van der Waals surface area contributed by atoms with Gasteiger partial charge in [-0.2, -0.15) is 0 Å². The lowest BCUT2D eigenvalue weighted by Crippen LogP contribution is -2.46. The molecule has 2 amide bonds. The van der Waals surface area contributed by atoms with Crippen LogP contribution in [-0.4, -0.2) is 84.5 Å². The summed E-state index contributed by atoms with van der Waals surface area (Å²) in [6, 6.07) is 0.766. The Morgan fingerprint density at radius 3 is 2.24 bits per heavy atom. The smallest absolute Gasteiger partial charge is 0.300 e. The maximum Gasteiger partial charge on any atom is 0.300 e. The average molecular weight is 730 g/mol. The lowest BCUT2D eigenvalue weighted by Gasteiger charge is -2.33. The number of carboxylic acid groups (broad SMARTS) is 1. The van der Waals surface area contributed by atoms with Gasteiger partial charge in [-0.05, 0) is 70.4 Å². The minimum atomic E-state index is -1.09.